The normalized spacial score (nSPS) is 16.7. The quantitative estimate of drug-likeness (QED) is 0.474. The molecule has 0 fully saturated rings. The predicted octanol–water partition coefficient (Wildman–Crippen LogP) is 4.01. The molecular formula is C19H27O3Rh-. The first-order chi connectivity index (χ1) is 9.91. The zero-order valence-corrected chi connectivity index (χ0v) is 16.8. The summed E-state index contributed by atoms with van der Waals surface area (Å²) in [7, 11) is 0. The molecule has 0 amide bonds. The summed E-state index contributed by atoms with van der Waals surface area (Å²) in [5, 5.41) is 0. The molecule has 1 aliphatic carbocycles. The SMILES string of the molecule is CC(=O)CC(CC(C)=O)(CC(C)=O)C1=[C-]C(C)(C)C(C)=C1C.[Rh]. The van der Waals surface area contributed by atoms with Crippen molar-refractivity contribution in [3.05, 3.63) is 22.8 Å². The second-order valence-corrected chi connectivity index (χ2v) is 7.29. The van der Waals surface area contributed by atoms with Crippen LogP contribution in [0.3, 0.4) is 0 Å². The Kier molecular flexibility index (Phi) is 7.49. The van der Waals surface area contributed by atoms with Gasteiger partial charge in [-0.3, -0.25) is 20.5 Å². The molecule has 3 nitrogen and oxygen atoms in total. The van der Waals surface area contributed by atoms with Crippen molar-refractivity contribution in [3.8, 4) is 0 Å². The Balaban J connectivity index is 0.00000484. The Morgan fingerprint density at radius 2 is 1.26 bits per heavy atom. The molecule has 0 heterocycles. The maximum atomic E-state index is 11.8. The molecule has 0 aliphatic heterocycles. The van der Waals surface area contributed by atoms with E-state index in [1.165, 1.54) is 26.3 Å². The second-order valence-electron chi connectivity index (χ2n) is 7.29. The molecule has 0 unspecified atom stereocenters. The van der Waals surface area contributed by atoms with Gasteiger partial charge in [-0.15, -0.1) is 6.92 Å². The fourth-order valence-electron chi connectivity index (χ4n) is 3.57. The summed E-state index contributed by atoms with van der Waals surface area (Å²) in [6.45, 7) is 12.7. The Bertz CT molecular complexity index is 539. The van der Waals surface area contributed by atoms with Crippen LogP contribution < -0.4 is 0 Å². The summed E-state index contributed by atoms with van der Waals surface area (Å²) in [4.78, 5) is 35.5. The fourth-order valence-corrected chi connectivity index (χ4v) is 3.57. The molecule has 1 aliphatic rings. The van der Waals surface area contributed by atoms with Crippen molar-refractivity contribution in [2.75, 3.05) is 0 Å². The minimum Gasteiger partial charge on any atom is -0.300 e. The fraction of sp³-hybridized carbons (Fsp3) is 0.632. The van der Waals surface area contributed by atoms with Gasteiger partial charge < -0.3 is 0 Å². The Labute approximate surface area is 152 Å². The molecule has 0 aromatic rings. The van der Waals surface area contributed by atoms with Crippen molar-refractivity contribution in [2.24, 2.45) is 10.8 Å². The van der Waals surface area contributed by atoms with Gasteiger partial charge in [-0.2, -0.15) is 11.1 Å². The standard InChI is InChI=1S/C19H27O3.Rh/c1-12(20)8-19(9-13(2)21,10-14(3)22)17-11-18(6,7)16(5)15(17)4;/h8-10H2,1-7H3;/q-1;. The smallest absolute Gasteiger partial charge is 0.130 e. The molecule has 0 spiro atoms. The minimum atomic E-state index is -0.747. The van der Waals surface area contributed by atoms with Crippen molar-refractivity contribution < 1.29 is 33.9 Å². The summed E-state index contributed by atoms with van der Waals surface area (Å²) in [5.74, 6) is -0.0223. The molecule has 131 valence electrons. The molecule has 0 aromatic heterocycles. The molecule has 0 bridgehead atoms. The summed E-state index contributed by atoms with van der Waals surface area (Å²) in [6, 6.07) is 0. The Morgan fingerprint density at radius 1 is 0.913 bits per heavy atom. The van der Waals surface area contributed by atoms with Crippen LogP contribution in [0.25, 0.3) is 0 Å². The van der Waals surface area contributed by atoms with Crippen LogP contribution in [0, 0.1) is 16.9 Å². The van der Waals surface area contributed by atoms with E-state index in [2.05, 4.69) is 26.8 Å². The van der Waals surface area contributed by atoms with Crippen LogP contribution >= 0.6 is 0 Å². The molecular weight excluding hydrogens is 379 g/mol. The van der Waals surface area contributed by atoms with Crippen molar-refractivity contribution in [2.45, 2.75) is 67.7 Å². The number of rotatable bonds is 7. The average Bonchev–Trinajstić information content (AvgIpc) is 2.50. The second kappa shape index (κ2) is 7.79. The van der Waals surface area contributed by atoms with Gasteiger partial charge in [0.15, 0.2) is 0 Å². The number of hydrogen-bond donors (Lipinski definition) is 0. The van der Waals surface area contributed by atoms with Gasteiger partial charge in [0.1, 0.15) is 17.3 Å². The van der Waals surface area contributed by atoms with E-state index in [0.29, 0.717) is 0 Å². The maximum absolute atomic E-state index is 11.8. The van der Waals surface area contributed by atoms with Crippen LogP contribution in [0.1, 0.15) is 67.7 Å². The Morgan fingerprint density at radius 3 is 1.48 bits per heavy atom. The van der Waals surface area contributed by atoms with Gasteiger partial charge in [-0.1, -0.05) is 26.2 Å². The predicted molar refractivity (Wildman–Crippen MR) is 87.2 cm³/mol. The van der Waals surface area contributed by atoms with Gasteiger partial charge in [0.25, 0.3) is 0 Å². The molecule has 0 aromatic carbocycles. The minimum absolute atomic E-state index is 0. The van der Waals surface area contributed by atoms with E-state index in [-0.39, 0.29) is 61.5 Å². The van der Waals surface area contributed by atoms with Gasteiger partial charge >= 0.3 is 0 Å². The molecule has 4 heteroatoms. The average molecular weight is 406 g/mol. The third kappa shape index (κ3) is 5.04. The summed E-state index contributed by atoms with van der Waals surface area (Å²) < 4.78 is 0. The molecule has 0 saturated heterocycles. The first-order valence-corrected chi connectivity index (χ1v) is 7.73. The largest absolute Gasteiger partial charge is 0.300 e. The van der Waals surface area contributed by atoms with E-state index in [1.54, 1.807) is 0 Å². The number of ketones is 3. The van der Waals surface area contributed by atoms with Gasteiger partial charge in [0.05, 0.1) is 0 Å². The first-order valence-electron chi connectivity index (χ1n) is 7.73. The van der Waals surface area contributed by atoms with Crippen LogP contribution in [0.5, 0.6) is 0 Å². The van der Waals surface area contributed by atoms with Crippen molar-refractivity contribution in [1.29, 1.82) is 0 Å². The number of hydrogen-bond acceptors (Lipinski definition) is 3. The molecule has 0 saturated carbocycles. The number of carbonyl (C=O) groups is 3. The van der Waals surface area contributed by atoms with E-state index in [9.17, 15) is 14.4 Å². The van der Waals surface area contributed by atoms with Gasteiger partial charge in [0.2, 0.25) is 0 Å². The monoisotopic (exact) mass is 406 g/mol. The van der Waals surface area contributed by atoms with Crippen LogP contribution in [-0.2, 0) is 33.9 Å². The molecule has 0 atom stereocenters. The van der Waals surface area contributed by atoms with Crippen molar-refractivity contribution in [1.82, 2.24) is 0 Å². The van der Waals surface area contributed by atoms with Crippen LogP contribution in [0.4, 0.5) is 0 Å². The molecule has 1 rings (SSSR count). The van der Waals surface area contributed by atoms with E-state index < -0.39 is 5.41 Å². The molecule has 0 N–H and O–H groups in total. The first kappa shape index (κ1) is 22.1. The topological polar surface area (TPSA) is 51.2 Å². The van der Waals surface area contributed by atoms with E-state index in [1.807, 2.05) is 6.92 Å². The van der Waals surface area contributed by atoms with E-state index in [4.69, 9.17) is 0 Å². The zero-order chi connectivity index (χ0) is 17.3. The van der Waals surface area contributed by atoms with Crippen LogP contribution in [0.15, 0.2) is 16.7 Å². The van der Waals surface area contributed by atoms with E-state index in [0.717, 1.165) is 11.1 Å². The molecule has 23 heavy (non-hydrogen) atoms. The Hall–Kier alpha value is -0.887. The van der Waals surface area contributed by atoms with Gasteiger partial charge in [0, 0.05) is 38.7 Å². The van der Waals surface area contributed by atoms with Crippen molar-refractivity contribution >= 4 is 17.3 Å². The number of Topliss-reactive ketones (excluding diaryl/α,β-unsaturated/α-hetero) is 3. The number of carbonyl (C=O) groups excluding carboxylic acids is 3. The van der Waals surface area contributed by atoms with Gasteiger partial charge in [-0.05, 0) is 26.2 Å². The van der Waals surface area contributed by atoms with Crippen molar-refractivity contribution in [3.63, 3.8) is 0 Å². The van der Waals surface area contributed by atoms with Crippen LogP contribution in [-0.4, -0.2) is 17.3 Å². The molecule has 1 radical (unpaired) electrons. The third-order valence-electron chi connectivity index (χ3n) is 4.60. The maximum Gasteiger partial charge on any atom is 0.130 e. The van der Waals surface area contributed by atoms with Gasteiger partial charge in [-0.25, -0.2) is 5.57 Å². The van der Waals surface area contributed by atoms with Crippen LogP contribution in [0.2, 0.25) is 0 Å². The summed E-state index contributed by atoms with van der Waals surface area (Å²) in [5.41, 5.74) is 2.16. The number of allylic oxidation sites excluding steroid dienone is 4. The van der Waals surface area contributed by atoms with E-state index >= 15 is 0 Å². The zero-order valence-electron chi connectivity index (χ0n) is 15.2. The third-order valence-corrected chi connectivity index (χ3v) is 4.60. The summed E-state index contributed by atoms with van der Waals surface area (Å²) in [6.07, 6.45) is 4.08. The summed E-state index contributed by atoms with van der Waals surface area (Å²) >= 11 is 0.